The van der Waals surface area contributed by atoms with Crippen LogP contribution < -0.4 is 4.90 Å². The molecule has 8 heteroatoms. The molecule has 0 unspecified atom stereocenters. The zero-order valence-electron chi connectivity index (χ0n) is 18.9. The second-order valence-corrected chi connectivity index (χ2v) is 8.94. The third-order valence-electron chi connectivity index (χ3n) is 6.70. The lowest BCUT2D eigenvalue weighted by molar-refractivity contribution is -0.133. The lowest BCUT2D eigenvalue weighted by Crippen LogP contribution is -2.59. The van der Waals surface area contributed by atoms with E-state index in [0.717, 1.165) is 23.0 Å². The summed E-state index contributed by atoms with van der Waals surface area (Å²) in [4.78, 5) is 27.6. The molecule has 1 fully saturated rings. The molecule has 0 saturated carbocycles. The molecule has 2 atom stereocenters. The van der Waals surface area contributed by atoms with Crippen LogP contribution in [0, 0.1) is 5.82 Å². The van der Waals surface area contributed by atoms with Crippen molar-refractivity contribution >= 4 is 28.4 Å². The molecule has 172 valence electrons. The third-order valence-corrected chi connectivity index (χ3v) is 6.70. The molecule has 5 rings (SSSR count). The highest BCUT2D eigenvalue weighted by atomic mass is 19.1. The number of aromatic nitrogens is 2. The standard InChI is InChI=1S/C25H28FN5O2/c1-17-14-30(25-27-12-21(26)13-28-25)15-18(2)31(17)16-23(32)29-9-6-19(7-10-29)22-5-3-4-20-8-11-33-24(20)22/h3-6,8,11-13,17-18H,7,9-10,14-16H2,1-2H3/t17-,18+. The van der Waals surface area contributed by atoms with Crippen LogP contribution in [0.5, 0.6) is 0 Å². The maximum Gasteiger partial charge on any atom is 0.237 e. The van der Waals surface area contributed by atoms with E-state index in [0.29, 0.717) is 38.7 Å². The molecule has 7 nitrogen and oxygen atoms in total. The van der Waals surface area contributed by atoms with E-state index >= 15 is 0 Å². The number of para-hydroxylation sites is 1. The molecule has 2 aliphatic heterocycles. The number of amides is 1. The van der Waals surface area contributed by atoms with Crippen LogP contribution in [0.3, 0.4) is 0 Å². The number of rotatable bonds is 4. The summed E-state index contributed by atoms with van der Waals surface area (Å²) in [6.07, 6.45) is 7.06. The Morgan fingerprint density at radius 1 is 1.15 bits per heavy atom. The van der Waals surface area contributed by atoms with Gasteiger partial charge in [-0.2, -0.15) is 0 Å². The van der Waals surface area contributed by atoms with Crippen molar-refractivity contribution in [2.24, 2.45) is 0 Å². The fourth-order valence-corrected chi connectivity index (χ4v) is 4.94. The Kier molecular flexibility index (Phi) is 5.85. The molecule has 0 aliphatic carbocycles. The molecule has 1 aromatic carbocycles. The van der Waals surface area contributed by atoms with Crippen molar-refractivity contribution in [3.8, 4) is 0 Å². The van der Waals surface area contributed by atoms with E-state index in [4.69, 9.17) is 4.42 Å². The van der Waals surface area contributed by atoms with Gasteiger partial charge in [0.05, 0.1) is 25.2 Å². The Bertz CT molecular complexity index is 1160. The fraction of sp³-hybridized carbons (Fsp3) is 0.400. The minimum absolute atomic E-state index is 0.145. The lowest BCUT2D eigenvalue weighted by Gasteiger charge is -2.44. The summed E-state index contributed by atoms with van der Waals surface area (Å²) in [7, 11) is 0. The molecule has 0 radical (unpaired) electrons. The molecule has 3 aromatic rings. The molecule has 0 N–H and O–H groups in total. The van der Waals surface area contributed by atoms with Crippen LogP contribution in [0.25, 0.3) is 16.5 Å². The van der Waals surface area contributed by atoms with Gasteiger partial charge >= 0.3 is 0 Å². The summed E-state index contributed by atoms with van der Waals surface area (Å²) in [5.41, 5.74) is 3.26. The van der Waals surface area contributed by atoms with Gasteiger partial charge in [0, 0.05) is 49.2 Å². The predicted molar refractivity (Wildman–Crippen MR) is 125 cm³/mol. The summed E-state index contributed by atoms with van der Waals surface area (Å²) in [6.45, 7) is 7.30. The third kappa shape index (κ3) is 4.35. The number of hydrogen-bond acceptors (Lipinski definition) is 6. The number of fused-ring (bicyclic) bond motifs is 1. The maximum absolute atomic E-state index is 13.2. The highest BCUT2D eigenvalue weighted by molar-refractivity contribution is 5.90. The molecule has 2 aliphatic rings. The summed E-state index contributed by atoms with van der Waals surface area (Å²) in [5.74, 6) is 0.233. The van der Waals surface area contributed by atoms with Crippen LogP contribution in [-0.4, -0.2) is 70.5 Å². The van der Waals surface area contributed by atoms with Crippen LogP contribution in [0.2, 0.25) is 0 Å². The Morgan fingerprint density at radius 3 is 2.61 bits per heavy atom. The minimum atomic E-state index is -0.441. The smallest absolute Gasteiger partial charge is 0.237 e. The highest BCUT2D eigenvalue weighted by Gasteiger charge is 2.33. The predicted octanol–water partition coefficient (Wildman–Crippen LogP) is 3.58. The second kappa shape index (κ2) is 8.94. The number of nitrogens with zero attached hydrogens (tertiary/aromatic N) is 5. The number of anilines is 1. The van der Waals surface area contributed by atoms with Crippen molar-refractivity contribution in [2.45, 2.75) is 32.4 Å². The monoisotopic (exact) mass is 449 g/mol. The van der Waals surface area contributed by atoms with Gasteiger partial charge < -0.3 is 14.2 Å². The molecule has 4 heterocycles. The molecule has 2 aromatic heterocycles. The van der Waals surface area contributed by atoms with Crippen molar-refractivity contribution in [3.05, 3.63) is 60.4 Å². The average Bonchev–Trinajstić information content (AvgIpc) is 3.31. The van der Waals surface area contributed by atoms with E-state index in [-0.39, 0.29) is 18.0 Å². The molecular weight excluding hydrogens is 421 g/mol. The highest BCUT2D eigenvalue weighted by Crippen LogP contribution is 2.30. The van der Waals surface area contributed by atoms with Gasteiger partial charge in [-0.3, -0.25) is 9.69 Å². The van der Waals surface area contributed by atoms with Gasteiger partial charge in [0.1, 0.15) is 5.58 Å². The molecule has 0 bridgehead atoms. The first-order valence-electron chi connectivity index (χ1n) is 11.4. The van der Waals surface area contributed by atoms with E-state index < -0.39 is 5.82 Å². The van der Waals surface area contributed by atoms with E-state index in [1.54, 1.807) is 6.26 Å². The van der Waals surface area contributed by atoms with Gasteiger partial charge in [-0.05, 0) is 31.9 Å². The SMILES string of the molecule is C[C@@H]1CN(c2ncc(F)cn2)C[C@H](C)N1CC(=O)N1CC=C(c2cccc3ccoc23)CC1. The number of carbonyl (C=O) groups excluding carboxylic acids is 1. The number of hydrogen-bond donors (Lipinski definition) is 0. The van der Waals surface area contributed by atoms with Crippen molar-refractivity contribution in [1.82, 2.24) is 19.8 Å². The van der Waals surface area contributed by atoms with Crippen molar-refractivity contribution < 1.29 is 13.6 Å². The Labute approximate surface area is 192 Å². The normalized spacial score (nSPS) is 22.0. The van der Waals surface area contributed by atoms with Gasteiger partial charge in [0.2, 0.25) is 11.9 Å². The first-order valence-corrected chi connectivity index (χ1v) is 11.4. The number of halogens is 1. The Balaban J connectivity index is 1.21. The summed E-state index contributed by atoms with van der Waals surface area (Å²) in [5, 5.41) is 1.10. The van der Waals surface area contributed by atoms with Crippen molar-refractivity contribution in [2.75, 3.05) is 37.6 Å². The molecule has 1 saturated heterocycles. The van der Waals surface area contributed by atoms with Crippen molar-refractivity contribution in [1.29, 1.82) is 0 Å². The first-order chi connectivity index (χ1) is 16.0. The quantitative estimate of drug-likeness (QED) is 0.607. The maximum atomic E-state index is 13.2. The summed E-state index contributed by atoms with van der Waals surface area (Å²) < 4.78 is 18.8. The molecule has 0 spiro atoms. The van der Waals surface area contributed by atoms with E-state index in [1.807, 2.05) is 23.1 Å². The summed E-state index contributed by atoms with van der Waals surface area (Å²) in [6, 6.07) is 8.46. The Hall–Kier alpha value is -3.26. The fourth-order valence-electron chi connectivity index (χ4n) is 4.94. The number of furan rings is 1. The van der Waals surface area contributed by atoms with Crippen LogP contribution in [0.1, 0.15) is 25.8 Å². The topological polar surface area (TPSA) is 65.7 Å². The average molecular weight is 450 g/mol. The second-order valence-electron chi connectivity index (χ2n) is 8.94. The van der Waals surface area contributed by atoms with E-state index in [1.165, 1.54) is 18.0 Å². The molecular formula is C25H28FN5O2. The van der Waals surface area contributed by atoms with E-state index in [9.17, 15) is 9.18 Å². The number of piperazine rings is 1. The summed E-state index contributed by atoms with van der Waals surface area (Å²) >= 11 is 0. The van der Waals surface area contributed by atoms with Crippen LogP contribution in [0.4, 0.5) is 10.3 Å². The zero-order chi connectivity index (χ0) is 22.9. The Morgan fingerprint density at radius 2 is 1.91 bits per heavy atom. The largest absolute Gasteiger partial charge is 0.464 e. The van der Waals surface area contributed by atoms with Crippen LogP contribution in [0.15, 0.2) is 53.4 Å². The van der Waals surface area contributed by atoms with Gasteiger partial charge in [-0.15, -0.1) is 0 Å². The van der Waals surface area contributed by atoms with Gasteiger partial charge in [-0.1, -0.05) is 24.3 Å². The minimum Gasteiger partial charge on any atom is -0.464 e. The first kappa shape index (κ1) is 21.6. The number of benzene rings is 1. The van der Waals surface area contributed by atoms with Gasteiger partial charge in [-0.25, -0.2) is 14.4 Å². The van der Waals surface area contributed by atoms with Crippen molar-refractivity contribution in [3.63, 3.8) is 0 Å². The molecule has 1 amide bonds. The van der Waals surface area contributed by atoms with Gasteiger partial charge in [0.15, 0.2) is 5.82 Å². The zero-order valence-corrected chi connectivity index (χ0v) is 18.9. The van der Waals surface area contributed by atoms with Crippen LogP contribution >= 0.6 is 0 Å². The lowest BCUT2D eigenvalue weighted by atomic mass is 9.98. The molecule has 33 heavy (non-hydrogen) atoms. The van der Waals surface area contributed by atoms with Crippen LogP contribution in [-0.2, 0) is 4.79 Å². The van der Waals surface area contributed by atoms with E-state index in [2.05, 4.69) is 45.8 Å². The van der Waals surface area contributed by atoms with Gasteiger partial charge in [0.25, 0.3) is 0 Å². The number of carbonyl (C=O) groups is 1.